The maximum Gasteiger partial charge on any atom is 0.251 e. The summed E-state index contributed by atoms with van der Waals surface area (Å²) < 4.78 is 26.4. The van der Waals surface area contributed by atoms with Gasteiger partial charge in [-0.3, -0.25) is 0 Å². The van der Waals surface area contributed by atoms with E-state index in [9.17, 15) is 8.78 Å². The van der Waals surface area contributed by atoms with Crippen LogP contribution in [0, 0.1) is 0 Å². The molecule has 116 valence electrons. The zero-order valence-electron chi connectivity index (χ0n) is 12.2. The Hall–Kier alpha value is -1.30. The zero-order valence-corrected chi connectivity index (χ0v) is 12.2. The van der Waals surface area contributed by atoms with Gasteiger partial charge in [0, 0.05) is 43.7 Å². The second kappa shape index (κ2) is 6.22. The van der Waals surface area contributed by atoms with Gasteiger partial charge in [-0.1, -0.05) is 0 Å². The molecule has 2 fully saturated rings. The summed E-state index contributed by atoms with van der Waals surface area (Å²) in [7, 11) is 0. The Morgan fingerprint density at radius 3 is 2.81 bits per heavy atom. The van der Waals surface area contributed by atoms with Gasteiger partial charge in [0.05, 0.1) is 0 Å². The van der Waals surface area contributed by atoms with E-state index < -0.39 is 5.92 Å². The Kier molecular flexibility index (Phi) is 4.33. The van der Waals surface area contributed by atoms with Crippen LogP contribution in [0.25, 0.3) is 0 Å². The van der Waals surface area contributed by atoms with Crippen molar-refractivity contribution in [2.24, 2.45) is 0 Å². The number of anilines is 1. The molecule has 3 heterocycles. The van der Waals surface area contributed by atoms with Gasteiger partial charge in [-0.05, 0) is 32.2 Å². The number of alkyl halides is 2. The highest BCUT2D eigenvalue weighted by molar-refractivity contribution is 5.39. The molecule has 2 aliphatic heterocycles. The van der Waals surface area contributed by atoms with E-state index in [2.05, 4.69) is 15.3 Å². The van der Waals surface area contributed by atoms with Crippen LogP contribution in [0.1, 0.15) is 37.8 Å². The van der Waals surface area contributed by atoms with E-state index in [4.69, 9.17) is 0 Å². The van der Waals surface area contributed by atoms with Gasteiger partial charge in [0.2, 0.25) is 0 Å². The Morgan fingerprint density at radius 1 is 1.29 bits per heavy atom. The third-order valence-electron chi connectivity index (χ3n) is 4.44. The average Bonchev–Trinajstić information content (AvgIpc) is 2.99. The van der Waals surface area contributed by atoms with Crippen molar-refractivity contribution in [3.05, 3.63) is 18.1 Å². The third kappa shape index (κ3) is 3.87. The molecule has 0 amide bonds. The predicted octanol–water partition coefficient (Wildman–Crippen LogP) is 2.40. The standard InChI is InChI=1S/C15H22F2N4/c16-15(17)5-8-21(9-6-15)14-10-13(19-11-20-14)4-3-12-2-1-7-18-12/h10-12,18H,1-9H2. The molecule has 3 rings (SSSR count). The van der Waals surface area contributed by atoms with Crippen molar-refractivity contribution in [3.63, 3.8) is 0 Å². The molecule has 21 heavy (non-hydrogen) atoms. The van der Waals surface area contributed by atoms with Gasteiger partial charge in [0.15, 0.2) is 0 Å². The van der Waals surface area contributed by atoms with Gasteiger partial charge >= 0.3 is 0 Å². The van der Waals surface area contributed by atoms with E-state index in [0.717, 1.165) is 30.9 Å². The van der Waals surface area contributed by atoms with Crippen LogP contribution in [-0.4, -0.2) is 41.6 Å². The summed E-state index contributed by atoms with van der Waals surface area (Å²) in [4.78, 5) is 10.5. The van der Waals surface area contributed by atoms with Crippen molar-refractivity contribution < 1.29 is 8.78 Å². The molecule has 1 N–H and O–H groups in total. The largest absolute Gasteiger partial charge is 0.356 e. The van der Waals surface area contributed by atoms with Gasteiger partial charge < -0.3 is 10.2 Å². The lowest BCUT2D eigenvalue weighted by atomic mass is 10.1. The van der Waals surface area contributed by atoms with Crippen LogP contribution in [0.3, 0.4) is 0 Å². The smallest absolute Gasteiger partial charge is 0.251 e. The molecule has 1 aromatic heterocycles. The molecule has 1 unspecified atom stereocenters. The number of aryl methyl sites for hydroxylation is 1. The van der Waals surface area contributed by atoms with Crippen molar-refractivity contribution >= 4 is 5.82 Å². The number of hydrogen-bond donors (Lipinski definition) is 1. The van der Waals surface area contributed by atoms with Crippen molar-refractivity contribution in [2.45, 2.75) is 50.5 Å². The number of aromatic nitrogens is 2. The SMILES string of the molecule is FC1(F)CCN(c2cc(CCC3CCCN3)ncn2)CC1. The van der Waals surface area contributed by atoms with E-state index in [1.54, 1.807) is 6.33 Å². The summed E-state index contributed by atoms with van der Waals surface area (Å²) in [5.41, 5.74) is 1.01. The molecule has 0 radical (unpaired) electrons. The molecule has 1 atom stereocenters. The van der Waals surface area contributed by atoms with Crippen LogP contribution in [0.2, 0.25) is 0 Å². The summed E-state index contributed by atoms with van der Waals surface area (Å²) in [5, 5.41) is 3.48. The van der Waals surface area contributed by atoms with Gasteiger partial charge in [-0.2, -0.15) is 0 Å². The predicted molar refractivity (Wildman–Crippen MR) is 77.8 cm³/mol. The summed E-state index contributed by atoms with van der Waals surface area (Å²) in [6.07, 6.45) is 5.86. The van der Waals surface area contributed by atoms with E-state index in [-0.39, 0.29) is 12.8 Å². The number of halogens is 2. The summed E-state index contributed by atoms with van der Waals surface area (Å²) >= 11 is 0. The van der Waals surface area contributed by atoms with Crippen molar-refractivity contribution in [1.29, 1.82) is 0 Å². The molecule has 2 saturated heterocycles. The Labute approximate surface area is 124 Å². The minimum Gasteiger partial charge on any atom is -0.356 e. The number of piperidine rings is 1. The molecule has 6 heteroatoms. The average molecular weight is 296 g/mol. The van der Waals surface area contributed by atoms with Gasteiger partial charge in [0.1, 0.15) is 12.1 Å². The highest BCUT2D eigenvalue weighted by Gasteiger charge is 2.34. The molecular formula is C15H22F2N4. The summed E-state index contributed by atoms with van der Waals surface area (Å²) in [5.74, 6) is -1.73. The maximum atomic E-state index is 13.2. The van der Waals surface area contributed by atoms with Crippen LogP contribution in [-0.2, 0) is 6.42 Å². The minimum atomic E-state index is -2.51. The van der Waals surface area contributed by atoms with Crippen LogP contribution in [0.5, 0.6) is 0 Å². The molecule has 1 aromatic rings. The maximum absolute atomic E-state index is 13.2. The monoisotopic (exact) mass is 296 g/mol. The molecule has 0 aromatic carbocycles. The first kappa shape index (κ1) is 14.6. The number of nitrogens with one attached hydrogen (secondary N) is 1. The van der Waals surface area contributed by atoms with Crippen molar-refractivity contribution in [3.8, 4) is 0 Å². The fourth-order valence-electron chi connectivity index (χ4n) is 3.08. The van der Waals surface area contributed by atoms with E-state index in [1.165, 1.54) is 12.8 Å². The molecule has 0 bridgehead atoms. The summed E-state index contributed by atoms with van der Waals surface area (Å²) in [6, 6.07) is 2.55. The second-order valence-electron chi connectivity index (χ2n) is 6.04. The Balaban J connectivity index is 1.58. The van der Waals surface area contributed by atoms with Crippen LogP contribution >= 0.6 is 0 Å². The topological polar surface area (TPSA) is 41.0 Å². The zero-order chi connectivity index (χ0) is 14.7. The Morgan fingerprint density at radius 2 is 2.10 bits per heavy atom. The minimum absolute atomic E-state index is 0.0850. The quantitative estimate of drug-likeness (QED) is 0.926. The number of rotatable bonds is 4. The molecule has 0 spiro atoms. The molecule has 4 nitrogen and oxygen atoms in total. The van der Waals surface area contributed by atoms with Gasteiger partial charge in [0.25, 0.3) is 5.92 Å². The highest BCUT2D eigenvalue weighted by atomic mass is 19.3. The summed E-state index contributed by atoms with van der Waals surface area (Å²) in [6.45, 7) is 1.85. The van der Waals surface area contributed by atoms with E-state index in [0.29, 0.717) is 19.1 Å². The Bertz CT molecular complexity index is 464. The lowest BCUT2D eigenvalue weighted by Gasteiger charge is -2.32. The van der Waals surface area contributed by atoms with Crippen LogP contribution < -0.4 is 10.2 Å². The number of nitrogens with zero attached hydrogens (tertiary/aromatic N) is 3. The van der Waals surface area contributed by atoms with E-state index >= 15 is 0 Å². The van der Waals surface area contributed by atoms with Crippen molar-refractivity contribution in [1.82, 2.24) is 15.3 Å². The van der Waals surface area contributed by atoms with Crippen molar-refractivity contribution in [2.75, 3.05) is 24.5 Å². The molecule has 0 saturated carbocycles. The van der Waals surface area contributed by atoms with Gasteiger partial charge in [-0.25, -0.2) is 18.7 Å². The number of hydrogen-bond acceptors (Lipinski definition) is 4. The first-order chi connectivity index (χ1) is 10.1. The molecular weight excluding hydrogens is 274 g/mol. The normalized spacial score (nSPS) is 25.2. The first-order valence-electron chi connectivity index (χ1n) is 7.79. The van der Waals surface area contributed by atoms with E-state index in [1.807, 2.05) is 11.0 Å². The fraction of sp³-hybridized carbons (Fsp3) is 0.733. The second-order valence-corrected chi connectivity index (χ2v) is 6.04. The van der Waals surface area contributed by atoms with Crippen LogP contribution in [0.15, 0.2) is 12.4 Å². The molecule has 2 aliphatic rings. The van der Waals surface area contributed by atoms with Crippen LogP contribution in [0.4, 0.5) is 14.6 Å². The lowest BCUT2D eigenvalue weighted by Crippen LogP contribution is -2.39. The fourth-order valence-corrected chi connectivity index (χ4v) is 3.08. The van der Waals surface area contributed by atoms with Gasteiger partial charge in [-0.15, -0.1) is 0 Å². The first-order valence-corrected chi connectivity index (χ1v) is 7.79. The lowest BCUT2D eigenvalue weighted by molar-refractivity contribution is -0.0221. The third-order valence-corrected chi connectivity index (χ3v) is 4.44. The molecule has 0 aliphatic carbocycles. The highest BCUT2D eigenvalue weighted by Crippen LogP contribution is 2.29.